The van der Waals surface area contributed by atoms with Gasteiger partial charge in [-0.15, -0.1) is 22.9 Å². The fourth-order valence-corrected chi connectivity index (χ4v) is 3.06. The molecule has 5 heteroatoms. The number of halogens is 1. The number of likely N-dealkylation sites (tertiary alicyclic amines) is 1. The van der Waals surface area contributed by atoms with Gasteiger partial charge in [-0.25, -0.2) is 4.98 Å². The maximum Gasteiger partial charge on any atom is 0.224 e. The molecule has 2 heterocycles. The van der Waals surface area contributed by atoms with Crippen LogP contribution in [0.1, 0.15) is 36.9 Å². The zero-order valence-electron chi connectivity index (χ0n) is 10.1. The fraction of sp³-hybridized carbons (Fsp3) is 0.667. The molecule has 1 amide bonds. The number of aromatic nitrogens is 1. The number of hydrogen-bond donors (Lipinski definition) is 0. The summed E-state index contributed by atoms with van der Waals surface area (Å²) in [5.74, 6) is 0.652. The molecule has 0 radical (unpaired) electrons. The Morgan fingerprint density at radius 1 is 1.65 bits per heavy atom. The van der Waals surface area contributed by atoms with Gasteiger partial charge < -0.3 is 4.90 Å². The third-order valence-corrected chi connectivity index (χ3v) is 4.36. The van der Waals surface area contributed by atoms with Crippen LogP contribution in [0.3, 0.4) is 0 Å². The van der Waals surface area contributed by atoms with Crippen molar-refractivity contribution in [2.45, 2.75) is 38.0 Å². The highest BCUT2D eigenvalue weighted by Gasteiger charge is 2.27. The maximum atomic E-state index is 11.5. The summed E-state index contributed by atoms with van der Waals surface area (Å²) in [4.78, 5) is 17.9. The molecule has 1 aromatic heterocycles. The first-order valence-corrected chi connectivity index (χ1v) is 7.24. The minimum Gasteiger partial charge on any atom is -0.341 e. The Morgan fingerprint density at radius 2 is 2.41 bits per heavy atom. The van der Waals surface area contributed by atoms with Gasteiger partial charge in [0.1, 0.15) is 0 Å². The summed E-state index contributed by atoms with van der Waals surface area (Å²) >= 11 is 7.65. The highest BCUT2D eigenvalue weighted by atomic mass is 35.5. The van der Waals surface area contributed by atoms with Crippen LogP contribution in [0, 0.1) is 0 Å². The number of carbonyl (C=O) groups is 1. The van der Waals surface area contributed by atoms with Crippen LogP contribution in [0.4, 0.5) is 0 Å². The van der Waals surface area contributed by atoms with E-state index in [4.69, 9.17) is 11.6 Å². The van der Waals surface area contributed by atoms with E-state index in [1.807, 2.05) is 4.90 Å². The Kier molecular flexibility index (Phi) is 4.05. The van der Waals surface area contributed by atoms with Gasteiger partial charge in [0.2, 0.25) is 5.91 Å². The third kappa shape index (κ3) is 3.19. The minimum absolute atomic E-state index is 0.0100. The van der Waals surface area contributed by atoms with E-state index in [0.29, 0.717) is 18.9 Å². The van der Waals surface area contributed by atoms with E-state index in [1.54, 1.807) is 11.3 Å². The van der Waals surface area contributed by atoms with Crippen molar-refractivity contribution in [1.29, 1.82) is 0 Å². The summed E-state index contributed by atoms with van der Waals surface area (Å²) in [5, 5.41) is 3.25. The number of carbonyl (C=O) groups excluding carboxylic acids is 1. The van der Waals surface area contributed by atoms with Crippen LogP contribution in [0.5, 0.6) is 0 Å². The Hall–Kier alpha value is -0.610. The highest BCUT2D eigenvalue weighted by molar-refractivity contribution is 7.09. The molecular formula is C12H17ClN2OS. The molecule has 1 unspecified atom stereocenters. The van der Waals surface area contributed by atoms with Crippen molar-refractivity contribution in [3.8, 4) is 0 Å². The summed E-state index contributed by atoms with van der Waals surface area (Å²) in [6.45, 7) is 5.71. The first-order valence-electron chi connectivity index (χ1n) is 5.92. The smallest absolute Gasteiger partial charge is 0.224 e. The summed E-state index contributed by atoms with van der Waals surface area (Å²) in [7, 11) is 0. The van der Waals surface area contributed by atoms with Crippen LogP contribution < -0.4 is 0 Å². The fourth-order valence-electron chi connectivity index (χ4n) is 1.89. The van der Waals surface area contributed by atoms with Crippen LogP contribution in [0.2, 0.25) is 0 Å². The van der Waals surface area contributed by atoms with Crippen LogP contribution in [0.25, 0.3) is 0 Å². The SMILES string of the molecule is CC(C)c1nc(CCN2CC(Cl)CC2=O)cs1. The molecule has 1 aliphatic rings. The van der Waals surface area contributed by atoms with Gasteiger partial charge in [-0.2, -0.15) is 0 Å². The summed E-state index contributed by atoms with van der Waals surface area (Å²) < 4.78 is 0. The van der Waals surface area contributed by atoms with E-state index in [1.165, 1.54) is 5.01 Å². The Balaban J connectivity index is 1.87. The molecule has 0 aliphatic carbocycles. The predicted octanol–water partition coefficient (Wildman–Crippen LogP) is 2.65. The van der Waals surface area contributed by atoms with Gasteiger partial charge in [-0.3, -0.25) is 4.79 Å². The Morgan fingerprint density at radius 3 is 2.94 bits per heavy atom. The average molecular weight is 273 g/mol. The van der Waals surface area contributed by atoms with Crippen molar-refractivity contribution in [2.75, 3.05) is 13.1 Å². The largest absolute Gasteiger partial charge is 0.341 e. The molecule has 0 bridgehead atoms. The zero-order chi connectivity index (χ0) is 12.4. The lowest BCUT2D eigenvalue weighted by molar-refractivity contribution is -0.127. The lowest BCUT2D eigenvalue weighted by Crippen LogP contribution is -2.27. The number of thiazole rings is 1. The molecule has 0 aromatic carbocycles. The van der Waals surface area contributed by atoms with E-state index in [9.17, 15) is 4.79 Å². The number of nitrogens with zero attached hydrogens (tertiary/aromatic N) is 2. The second-order valence-corrected chi connectivity index (χ2v) is 6.23. The number of amides is 1. The predicted molar refractivity (Wildman–Crippen MR) is 70.7 cm³/mol. The number of alkyl halides is 1. The summed E-state index contributed by atoms with van der Waals surface area (Å²) in [6, 6.07) is 0. The third-order valence-electron chi connectivity index (χ3n) is 2.87. The van der Waals surface area contributed by atoms with Gasteiger partial charge in [-0.05, 0) is 0 Å². The first kappa shape index (κ1) is 12.8. The molecule has 1 atom stereocenters. The molecule has 1 aromatic rings. The normalized spacial score (nSPS) is 20.6. The minimum atomic E-state index is -0.0100. The molecular weight excluding hydrogens is 256 g/mol. The lowest BCUT2D eigenvalue weighted by atomic mass is 10.2. The van der Waals surface area contributed by atoms with E-state index >= 15 is 0 Å². The van der Waals surface area contributed by atoms with Crippen molar-refractivity contribution >= 4 is 28.8 Å². The second-order valence-electron chi connectivity index (χ2n) is 4.72. The maximum absolute atomic E-state index is 11.5. The standard InChI is InChI=1S/C12H17ClN2OS/c1-8(2)12-14-10(7-17-12)3-4-15-6-9(13)5-11(15)16/h7-9H,3-6H2,1-2H3. The van der Waals surface area contributed by atoms with Gasteiger partial charge in [0, 0.05) is 37.2 Å². The molecule has 0 saturated carbocycles. The molecule has 17 heavy (non-hydrogen) atoms. The molecule has 1 saturated heterocycles. The van der Waals surface area contributed by atoms with Gasteiger partial charge in [-0.1, -0.05) is 13.8 Å². The van der Waals surface area contributed by atoms with Crippen molar-refractivity contribution in [3.05, 3.63) is 16.1 Å². The van der Waals surface area contributed by atoms with Crippen LogP contribution in [0.15, 0.2) is 5.38 Å². The number of rotatable bonds is 4. The van der Waals surface area contributed by atoms with E-state index < -0.39 is 0 Å². The van der Waals surface area contributed by atoms with Crippen LogP contribution in [-0.4, -0.2) is 34.3 Å². The quantitative estimate of drug-likeness (QED) is 0.790. The first-order chi connectivity index (χ1) is 8.06. The van der Waals surface area contributed by atoms with Gasteiger partial charge in [0.25, 0.3) is 0 Å². The van der Waals surface area contributed by atoms with E-state index in [2.05, 4.69) is 24.2 Å². The molecule has 1 aliphatic heterocycles. The molecule has 0 N–H and O–H groups in total. The number of hydrogen-bond acceptors (Lipinski definition) is 3. The van der Waals surface area contributed by atoms with E-state index in [-0.39, 0.29) is 11.3 Å². The highest BCUT2D eigenvalue weighted by Crippen LogP contribution is 2.20. The monoisotopic (exact) mass is 272 g/mol. The lowest BCUT2D eigenvalue weighted by Gasteiger charge is -2.14. The molecule has 94 valence electrons. The van der Waals surface area contributed by atoms with Crippen molar-refractivity contribution in [2.24, 2.45) is 0 Å². The van der Waals surface area contributed by atoms with Crippen LogP contribution >= 0.6 is 22.9 Å². The Labute approximate surface area is 111 Å². The molecule has 2 rings (SSSR count). The molecule has 0 spiro atoms. The summed E-state index contributed by atoms with van der Waals surface area (Å²) in [6.07, 6.45) is 1.31. The van der Waals surface area contributed by atoms with E-state index in [0.717, 1.165) is 18.7 Å². The zero-order valence-corrected chi connectivity index (χ0v) is 11.7. The average Bonchev–Trinajstić information content (AvgIpc) is 2.82. The second kappa shape index (κ2) is 5.36. The van der Waals surface area contributed by atoms with Gasteiger partial charge >= 0.3 is 0 Å². The summed E-state index contributed by atoms with van der Waals surface area (Å²) in [5.41, 5.74) is 1.09. The Bertz CT molecular complexity index is 405. The van der Waals surface area contributed by atoms with Crippen molar-refractivity contribution < 1.29 is 4.79 Å². The van der Waals surface area contributed by atoms with Crippen molar-refractivity contribution in [3.63, 3.8) is 0 Å². The van der Waals surface area contributed by atoms with Gasteiger partial charge in [0.15, 0.2) is 0 Å². The topological polar surface area (TPSA) is 33.2 Å². The van der Waals surface area contributed by atoms with Crippen molar-refractivity contribution in [1.82, 2.24) is 9.88 Å². The molecule has 1 fully saturated rings. The van der Waals surface area contributed by atoms with Crippen LogP contribution in [-0.2, 0) is 11.2 Å². The van der Waals surface area contributed by atoms with Gasteiger partial charge in [0.05, 0.1) is 16.1 Å². The molecule has 3 nitrogen and oxygen atoms in total.